The molecule has 1 nitrogen and oxygen atoms in total. The molecule has 3 atom stereocenters. The van der Waals surface area contributed by atoms with E-state index in [0.29, 0.717) is 5.41 Å². The van der Waals surface area contributed by atoms with Crippen molar-refractivity contribution in [3.63, 3.8) is 0 Å². The molecule has 0 aromatic heterocycles. The molecule has 0 spiro atoms. The minimum Gasteiger partial charge on any atom is -0.389 e. The number of allylic oxidation sites excluding steroid dienone is 1. The van der Waals surface area contributed by atoms with Crippen LogP contribution < -0.4 is 0 Å². The van der Waals surface area contributed by atoms with Crippen LogP contribution in [0, 0.1) is 17.3 Å². The van der Waals surface area contributed by atoms with E-state index < -0.39 is 0 Å². The Morgan fingerprint density at radius 3 is 2.73 bits per heavy atom. The van der Waals surface area contributed by atoms with Crippen molar-refractivity contribution in [2.45, 2.75) is 33.3 Å². The van der Waals surface area contributed by atoms with E-state index >= 15 is 0 Å². The minimum atomic E-state index is -0.155. The second-order valence-electron chi connectivity index (χ2n) is 4.62. The molecule has 0 radical (unpaired) electrons. The first-order valence-electron chi connectivity index (χ1n) is 4.40. The van der Waals surface area contributed by atoms with Crippen molar-refractivity contribution in [2.75, 3.05) is 0 Å². The smallest absolute Gasteiger partial charge is 0.0750 e. The Labute approximate surface area is 68.1 Å². The van der Waals surface area contributed by atoms with E-state index in [1.165, 1.54) is 5.57 Å². The molecule has 1 N–H and O–H groups in total. The van der Waals surface area contributed by atoms with Crippen LogP contribution in [0.5, 0.6) is 0 Å². The van der Waals surface area contributed by atoms with Crippen LogP contribution in [0.25, 0.3) is 0 Å². The van der Waals surface area contributed by atoms with Crippen LogP contribution in [-0.4, -0.2) is 11.2 Å². The van der Waals surface area contributed by atoms with Crippen molar-refractivity contribution in [3.8, 4) is 0 Å². The molecule has 0 saturated heterocycles. The fraction of sp³-hybridized carbons (Fsp3) is 0.800. The molecule has 3 unspecified atom stereocenters. The van der Waals surface area contributed by atoms with Crippen molar-refractivity contribution in [3.05, 3.63) is 11.6 Å². The maximum absolute atomic E-state index is 9.54. The van der Waals surface area contributed by atoms with Crippen LogP contribution in [-0.2, 0) is 0 Å². The number of hydrogen-bond donors (Lipinski definition) is 1. The molecule has 1 saturated carbocycles. The summed E-state index contributed by atoms with van der Waals surface area (Å²) in [7, 11) is 0. The summed E-state index contributed by atoms with van der Waals surface area (Å²) in [6.07, 6.45) is 3.09. The number of rotatable bonds is 0. The number of aliphatic hydroxyl groups excluding tert-OH is 1. The summed E-state index contributed by atoms with van der Waals surface area (Å²) in [5.41, 5.74) is 1.65. The first kappa shape index (κ1) is 7.35. The molecule has 1 fully saturated rings. The Morgan fingerprint density at radius 1 is 1.55 bits per heavy atom. The second kappa shape index (κ2) is 1.89. The van der Waals surface area contributed by atoms with Gasteiger partial charge in [0.05, 0.1) is 6.10 Å². The highest BCUT2D eigenvalue weighted by Crippen LogP contribution is 2.63. The minimum absolute atomic E-state index is 0.155. The van der Waals surface area contributed by atoms with Gasteiger partial charge in [0.1, 0.15) is 0 Å². The average molecular weight is 152 g/mol. The van der Waals surface area contributed by atoms with Gasteiger partial charge in [-0.1, -0.05) is 19.9 Å². The zero-order valence-corrected chi connectivity index (χ0v) is 7.46. The zero-order valence-electron chi connectivity index (χ0n) is 7.46. The predicted octanol–water partition coefficient (Wildman–Crippen LogP) is 1.97. The molecular formula is C10H16O. The highest BCUT2D eigenvalue weighted by Gasteiger charge is 2.58. The van der Waals surface area contributed by atoms with Crippen molar-refractivity contribution < 1.29 is 5.11 Å². The number of hydrogen-bond acceptors (Lipinski definition) is 1. The Hall–Kier alpha value is -0.300. The maximum Gasteiger partial charge on any atom is 0.0750 e. The maximum atomic E-state index is 9.54. The van der Waals surface area contributed by atoms with E-state index in [1.807, 2.05) is 6.92 Å². The molecule has 0 amide bonds. The molecule has 62 valence electrons. The Morgan fingerprint density at radius 2 is 2.18 bits per heavy atom. The van der Waals surface area contributed by atoms with Crippen LogP contribution in [0.1, 0.15) is 27.2 Å². The van der Waals surface area contributed by atoms with Crippen molar-refractivity contribution >= 4 is 0 Å². The SMILES string of the molecule is CC1=CC2C(CC1O)C2(C)C. The lowest BCUT2D eigenvalue weighted by Gasteiger charge is -2.14. The number of aliphatic hydroxyl groups is 1. The van der Waals surface area contributed by atoms with Crippen LogP contribution in [0.2, 0.25) is 0 Å². The van der Waals surface area contributed by atoms with E-state index in [-0.39, 0.29) is 6.10 Å². The summed E-state index contributed by atoms with van der Waals surface area (Å²) in [6, 6.07) is 0. The van der Waals surface area contributed by atoms with Gasteiger partial charge in [-0.15, -0.1) is 0 Å². The highest BCUT2D eigenvalue weighted by atomic mass is 16.3. The summed E-state index contributed by atoms with van der Waals surface area (Å²) in [6.45, 7) is 6.63. The summed E-state index contributed by atoms with van der Waals surface area (Å²) >= 11 is 0. The van der Waals surface area contributed by atoms with E-state index in [4.69, 9.17) is 0 Å². The summed E-state index contributed by atoms with van der Waals surface area (Å²) < 4.78 is 0. The quantitative estimate of drug-likeness (QED) is 0.526. The molecule has 11 heavy (non-hydrogen) atoms. The molecule has 0 aromatic rings. The van der Waals surface area contributed by atoms with Gasteiger partial charge >= 0.3 is 0 Å². The van der Waals surface area contributed by atoms with E-state index in [0.717, 1.165) is 18.3 Å². The first-order valence-corrected chi connectivity index (χ1v) is 4.40. The first-order chi connectivity index (χ1) is 5.03. The molecule has 2 rings (SSSR count). The Balaban J connectivity index is 2.22. The third-order valence-corrected chi connectivity index (χ3v) is 3.58. The lowest BCUT2D eigenvalue weighted by molar-refractivity contribution is 0.182. The van der Waals surface area contributed by atoms with Gasteiger partial charge in [0.15, 0.2) is 0 Å². The van der Waals surface area contributed by atoms with E-state index in [1.54, 1.807) is 0 Å². The fourth-order valence-corrected chi connectivity index (χ4v) is 2.39. The van der Waals surface area contributed by atoms with E-state index in [2.05, 4.69) is 19.9 Å². The fourth-order valence-electron chi connectivity index (χ4n) is 2.39. The van der Waals surface area contributed by atoms with Gasteiger partial charge in [-0.05, 0) is 36.2 Å². The van der Waals surface area contributed by atoms with Crippen LogP contribution in [0.15, 0.2) is 11.6 Å². The van der Waals surface area contributed by atoms with Crippen LogP contribution in [0.4, 0.5) is 0 Å². The summed E-state index contributed by atoms with van der Waals surface area (Å²) in [5, 5.41) is 9.54. The Bertz CT molecular complexity index is 215. The van der Waals surface area contributed by atoms with Crippen LogP contribution in [0.3, 0.4) is 0 Å². The van der Waals surface area contributed by atoms with E-state index in [9.17, 15) is 5.11 Å². The van der Waals surface area contributed by atoms with Crippen molar-refractivity contribution in [1.29, 1.82) is 0 Å². The van der Waals surface area contributed by atoms with Crippen LogP contribution >= 0.6 is 0 Å². The second-order valence-corrected chi connectivity index (χ2v) is 4.62. The topological polar surface area (TPSA) is 20.2 Å². The van der Waals surface area contributed by atoms with Gasteiger partial charge in [-0.3, -0.25) is 0 Å². The largest absolute Gasteiger partial charge is 0.389 e. The van der Waals surface area contributed by atoms with Gasteiger partial charge < -0.3 is 5.11 Å². The summed E-state index contributed by atoms with van der Waals surface area (Å²) in [4.78, 5) is 0. The van der Waals surface area contributed by atoms with Gasteiger partial charge in [0.2, 0.25) is 0 Å². The van der Waals surface area contributed by atoms with Gasteiger partial charge in [0, 0.05) is 0 Å². The van der Waals surface area contributed by atoms with Gasteiger partial charge in [-0.25, -0.2) is 0 Å². The molecule has 2 aliphatic carbocycles. The molecule has 2 aliphatic rings. The molecule has 0 bridgehead atoms. The third kappa shape index (κ3) is 0.871. The normalized spacial score (nSPS) is 46.2. The van der Waals surface area contributed by atoms with Crippen molar-refractivity contribution in [1.82, 2.24) is 0 Å². The van der Waals surface area contributed by atoms with Gasteiger partial charge in [0.25, 0.3) is 0 Å². The molecule has 0 aromatic carbocycles. The molecule has 1 heteroatoms. The lowest BCUT2D eigenvalue weighted by Crippen LogP contribution is -2.13. The standard InChI is InChI=1S/C10H16O/c1-6-4-7-8(5-9(6)11)10(7,2)3/h4,7-9,11H,5H2,1-3H3. The van der Waals surface area contributed by atoms with Crippen molar-refractivity contribution in [2.24, 2.45) is 17.3 Å². The molecule has 0 heterocycles. The molecular weight excluding hydrogens is 136 g/mol. The lowest BCUT2D eigenvalue weighted by atomic mass is 9.98. The number of fused-ring (bicyclic) bond motifs is 1. The highest BCUT2D eigenvalue weighted by molar-refractivity contribution is 5.25. The monoisotopic (exact) mass is 152 g/mol. The Kier molecular flexibility index (Phi) is 1.26. The molecule has 0 aliphatic heterocycles. The predicted molar refractivity (Wildman–Crippen MR) is 45.1 cm³/mol. The third-order valence-electron chi connectivity index (χ3n) is 3.58. The zero-order chi connectivity index (χ0) is 8.22. The average Bonchev–Trinajstić information content (AvgIpc) is 2.39. The summed E-state index contributed by atoms with van der Waals surface area (Å²) in [5.74, 6) is 1.51. The van der Waals surface area contributed by atoms with Gasteiger partial charge in [-0.2, -0.15) is 0 Å².